The Labute approximate surface area is 179 Å². The summed E-state index contributed by atoms with van der Waals surface area (Å²) < 4.78 is 7.96. The predicted molar refractivity (Wildman–Crippen MR) is 122 cm³/mol. The fourth-order valence-corrected chi connectivity index (χ4v) is 3.15. The number of likely N-dealkylation sites (N-methyl/N-ethyl adjacent to an activating group) is 1. The molecule has 1 N–H and O–H groups in total. The molecule has 0 aliphatic rings. The van der Waals surface area contributed by atoms with Crippen molar-refractivity contribution in [3.8, 4) is 5.75 Å². The summed E-state index contributed by atoms with van der Waals surface area (Å²) in [5, 5.41) is 3.37. The Kier molecular flexibility index (Phi) is 7.89. The van der Waals surface area contributed by atoms with Crippen LogP contribution in [-0.4, -0.2) is 47.2 Å². The molecule has 6 heteroatoms. The van der Waals surface area contributed by atoms with Crippen molar-refractivity contribution in [2.45, 2.75) is 26.9 Å². The lowest BCUT2D eigenvalue weighted by molar-refractivity contribution is 0.281. The summed E-state index contributed by atoms with van der Waals surface area (Å²) in [6.45, 7) is 7.73. The van der Waals surface area contributed by atoms with Crippen LogP contribution < -0.4 is 10.1 Å². The fraction of sp³-hybridized carbons (Fsp3) is 0.333. The molecule has 0 spiro atoms. The van der Waals surface area contributed by atoms with Crippen LogP contribution in [0.3, 0.4) is 0 Å². The second kappa shape index (κ2) is 11.0. The molecule has 0 atom stereocenters. The normalized spacial score (nSPS) is 11.4. The van der Waals surface area contributed by atoms with Gasteiger partial charge in [0.15, 0.2) is 5.96 Å². The van der Waals surface area contributed by atoms with Crippen LogP contribution in [-0.2, 0) is 13.1 Å². The minimum absolute atomic E-state index is 0.602. The van der Waals surface area contributed by atoms with E-state index in [2.05, 4.69) is 51.0 Å². The lowest BCUT2D eigenvalue weighted by Gasteiger charge is -2.22. The first-order valence-electron chi connectivity index (χ1n) is 10.4. The van der Waals surface area contributed by atoms with E-state index in [0.717, 1.165) is 37.2 Å². The Morgan fingerprint density at radius 1 is 1.13 bits per heavy atom. The highest BCUT2D eigenvalue weighted by Gasteiger charge is 2.06. The van der Waals surface area contributed by atoms with Gasteiger partial charge in [-0.25, -0.2) is 9.98 Å². The van der Waals surface area contributed by atoms with E-state index in [1.807, 2.05) is 56.7 Å². The van der Waals surface area contributed by atoms with Gasteiger partial charge >= 0.3 is 0 Å². The molecule has 0 saturated heterocycles. The molecule has 158 valence electrons. The van der Waals surface area contributed by atoms with Crippen molar-refractivity contribution in [2.75, 3.05) is 26.7 Å². The number of para-hydroxylation sites is 1. The molecule has 3 rings (SSSR count). The third kappa shape index (κ3) is 6.37. The summed E-state index contributed by atoms with van der Waals surface area (Å²) in [5.41, 5.74) is 2.44. The molecule has 0 bridgehead atoms. The van der Waals surface area contributed by atoms with Crippen LogP contribution in [0.25, 0.3) is 0 Å². The topological polar surface area (TPSA) is 54.7 Å². The number of benzene rings is 2. The average Bonchev–Trinajstić information content (AvgIpc) is 3.16. The van der Waals surface area contributed by atoms with Crippen molar-refractivity contribution in [1.82, 2.24) is 19.8 Å². The maximum atomic E-state index is 5.81. The molecule has 0 unspecified atom stereocenters. The Hall–Kier alpha value is -3.28. The number of guanidine groups is 1. The maximum absolute atomic E-state index is 5.81. The van der Waals surface area contributed by atoms with Gasteiger partial charge in [-0.15, -0.1) is 0 Å². The van der Waals surface area contributed by atoms with Crippen LogP contribution >= 0.6 is 0 Å². The van der Waals surface area contributed by atoms with E-state index in [0.29, 0.717) is 13.2 Å². The lowest BCUT2D eigenvalue weighted by Crippen LogP contribution is -2.40. The second-order valence-corrected chi connectivity index (χ2v) is 7.18. The number of nitrogens with one attached hydrogen (secondary N) is 1. The van der Waals surface area contributed by atoms with Crippen molar-refractivity contribution >= 4 is 5.96 Å². The number of ether oxygens (including phenoxy) is 1. The van der Waals surface area contributed by atoms with Crippen LogP contribution in [0.4, 0.5) is 0 Å². The SMILES string of the molecule is CCNC(=NCc1cccc(Cn2ccnc2C)c1)N(C)CCOc1ccccc1. The van der Waals surface area contributed by atoms with Gasteiger partial charge in [-0.05, 0) is 37.1 Å². The van der Waals surface area contributed by atoms with E-state index < -0.39 is 0 Å². The fourth-order valence-electron chi connectivity index (χ4n) is 3.15. The summed E-state index contributed by atoms with van der Waals surface area (Å²) in [7, 11) is 2.04. The Balaban J connectivity index is 1.58. The maximum Gasteiger partial charge on any atom is 0.194 e. The highest BCUT2D eigenvalue weighted by atomic mass is 16.5. The van der Waals surface area contributed by atoms with Crippen molar-refractivity contribution in [1.29, 1.82) is 0 Å². The van der Waals surface area contributed by atoms with Crippen LogP contribution in [0.1, 0.15) is 23.9 Å². The lowest BCUT2D eigenvalue weighted by atomic mass is 10.1. The zero-order valence-corrected chi connectivity index (χ0v) is 18.1. The molecule has 0 saturated carbocycles. The Bertz CT molecular complexity index is 936. The highest BCUT2D eigenvalue weighted by Crippen LogP contribution is 2.10. The number of aryl methyl sites for hydroxylation is 1. The largest absolute Gasteiger partial charge is 0.492 e. The van der Waals surface area contributed by atoms with E-state index in [1.54, 1.807) is 0 Å². The van der Waals surface area contributed by atoms with E-state index >= 15 is 0 Å². The van der Waals surface area contributed by atoms with Crippen molar-refractivity contribution < 1.29 is 4.74 Å². The van der Waals surface area contributed by atoms with Gasteiger partial charge in [0.25, 0.3) is 0 Å². The molecule has 0 aliphatic carbocycles. The van der Waals surface area contributed by atoms with Gasteiger partial charge in [0, 0.05) is 32.5 Å². The molecule has 1 heterocycles. The number of aliphatic imine (C=N–C) groups is 1. The number of hydrogen-bond donors (Lipinski definition) is 1. The smallest absolute Gasteiger partial charge is 0.194 e. The minimum atomic E-state index is 0.602. The summed E-state index contributed by atoms with van der Waals surface area (Å²) in [6, 6.07) is 18.5. The summed E-state index contributed by atoms with van der Waals surface area (Å²) in [4.78, 5) is 11.2. The predicted octanol–water partition coefficient (Wildman–Crippen LogP) is 3.72. The summed E-state index contributed by atoms with van der Waals surface area (Å²) >= 11 is 0. The van der Waals surface area contributed by atoms with Crippen LogP contribution in [0.15, 0.2) is 72.0 Å². The van der Waals surface area contributed by atoms with Crippen LogP contribution in [0.2, 0.25) is 0 Å². The third-order valence-electron chi connectivity index (χ3n) is 4.81. The number of aromatic nitrogens is 2. The quantitative estimate of drug-likeness (QED) is 0.435. The van der Waals surface area contributed by atoms with Crippen LogP contribution in [0.5, 0.6) is 5.75 Å². The standard InChI is InChI=1S/C24H31N5O/c1-4-25-24(28(3)15-16-30-23-11-6-5-7-12-23)27-18-21-9-8-10-22(17-21)19-29-14-13-26-20(29)2/h5-14,17H,4,15-16,18-19H2,1-3H3,(H,25,27). The van der Waals surface area contributed by atoms with Crippen LogP contribution in [0, 0.1) is 6.92 Å². The molecular weight excluding hydrogens is 374 g/mol. The first-order chi connectivity index (χ1) is 14.7. The zero-order valence-electron chi connectivity index (χ0n) is 18.1. The Morgan fingerprint density at radius 3 is 2.67 bits per heavy atom. The first-order valence-corrected chi connectivity index (χ1v) is 10.4. The van der Waals surface area contributed by atoms with Gasteiger partial charge < -0.3 is 19.5 Å². The molecule has 0 fully saturated rings. The van der Waals surface area contributed by atoms with Crippen molar-refractivity contribution in [2.24, 2.45) is 4.99 Å². The van der Waals surface area contributed by atoms with E-state index in [4.69, 9.17) is 9.73 Å². The zero-order chi connectivity index (χ0) is 21.2. The number of hydrogen-bond acceptors (Lipinski definition) is 3. The number of rotatable bonds is 9. The van der Waals surface area contributed by atoms with Gasteiger partial charge in [0.2, 0.25) is 0 Å². The molecule has 3 aromatic rings. The molecule has 1 aromatic heterocycles. The number of imidazole rings is 1. The van der Waals surface area contributed by atoms with Crippen molar-refractivity contribution in [3.05, 3.63) is 83.9 Å². The van der Waals surface area contributed by atoms with Gasteiger partial charge in [0.1, 0.15) is 18.2 Å². The first kappa shape index (κ1) is 21.4. The monoisotopic (exact) mass is 405 g/mol. The van der Waals surface area contributed by atoms with E-state index in [1.165, 1.54) is 11.1 Å². The molecular formula is C24H31N5O. The van der Waals surface area contributed by atoms with Crippen molar-refractivity contribution in [3.63, 3.8) is 0 Å². The third-order valence-corrected chi connectivity index (χ3v) is 4.81. The van der Waals surface area contributed by atoms with Gasteiger partial charge in [-0.3, -0.25) is 0 Å². The Morgan fingerprint density at radius 2 is 1.93 bits per heavy atom. The van der Waals surface area contributed by atoms with Gasteiger partial charge in [-0.2, -0.15) is 0 Å². The number of nitrogens with zero attached hydrogens (tertiary/aromatic N) is 4. The molecule has 0 radical (unpaired) electrons. The average molecular weight is 406 g/mol. The highest BCUT2D eigenvalue weighted by molar-refractivity contribution is 5.79. The summed E-state index contributed by atoms with van der Waals surface area (Å²) in [6.07, 6.45) is 3.85. The minimum Gasteiger partial charge on any atom is -0.492 e. The molecule has 0 aliphatic heterocycles. The molecule has 30 heavy (non-hydrogen) atoms. The molecule has 6 nitrogen and oxygen atoms in total. The molecule has 2 aromatic carbocycles. The summed E-state index contributed by atoms with van der Waals surface area (Å²) in [5.74, 6) is 2.79. The molecule has 0 amide bonds. The van der Waals surface area contributed by atoms with Gasteiger partial charge in [-0.1, -0.05) is 42.5 Å². The van der Waals surface area contributed by atoms with E-state index in [9.17, 15) is 0 Å². The second-order valence-electron chi connectivity index (χ2n) is 7.18. The van der Waals surface area contributed by atoms with Gasteiger partial charge in [0.05, 0.1) is 13.1 Å². The van der Waals surface area contributed by atoms with E-state index in [-0.39, 0.29) is 0 Å².